The maximum Gasteiger partial charge on any atom is 0.112 e. The normalized spacial score (nSPS) is 12.9. The van der Waals surface area contributed by atoms with Gasteiger partial charge in [0.1, 0.15) is 5.82 Å². The Balaban J connectivity index is 2.30. The van der Waals surface area contributed by atoms with Gasteiger partial charge in [-0.15, -0.1) is 0 Å². The van der Waals surface area contributed by atoms with Gasteiger partial charge in [0.2, 0.25) is 0 Å². The molecule has 4 heteroatoms. The van der Waals surface area contributed by atoms with Crippen LogP contribution >= 0.6 is 15.9 Å². The van der Waals surface area contributed by atoms with Crippen molar-refractivity contribution in [2.24, 2.45) is 5.92 Å². The van der Waals surface area contributed by atoms with Crippen molar-refractivity contribution < 1.29 is 5.11 Å². The molecule has 0 radical (unpaired) electrons. The molecule has 18 heavy (non-hydrogen) atoms. The third-order valence-electron chi connectivity index (χ3n) is 3.08. The van der Waals surface area contributed by atoms with Gasteiger partial charge in [0.15, 0.2) is 0 Å². The molecule has 0 spiro atoms. The molecule has 0 aliphatic heterocycles. The van der Waals surface area contributed by atoms with E-state index in [-0.39, 0.29) is 12.5 Å². The molecule has 0 fully saturated rings. The number of benzene rings is 1. The van der Waals surface area contributed by atoms with Gasteiger partial charge in [-0.2, -0.15) is 0 Å². The molecule has 0 saturated carbocycles. The molecule has 0 aliphatic carbocycles. The number of nitrogens with zero attached hydrogens (tertiary/aromatic N) is 1. The Bertz CT molecular complexity index is 522. The first-order valence-corrected chi connectivity index (χ1v) is 6.83. The number of hydrogen-bond donors (Lipinski definition) is 2. The maximum atomic E-state index is 9.41. The smallest absolute Gasteiger partial charge is 0.112 e. The molecule has 96 valence electrons. The molecule has 0 bridgehead atoms. The summed E-state index contributed by atoms with van der Waals surface area (Å²) in [5.74, 6) is 1.27. The van der Waals surface area contributed by atoms with E-state index < -0.39 is 0 Å². The number of aromatic amines is 1. The average Bonchev–Trinajstić information content (AvgIpc) is 2.79. The second-order valence-corrected chi connectivity index (χ2v) is 5.64. The van der Waals surface area contributed by atoms with Gasteiger partial charge in [-0.25, -0.2) is 4.98 Å². The molecule has 3 nitrogen and oxygen atoms in total. The molecular weight excluding hydrogens is 292 g/mol. The Labute approximate surface area is 115 Å². The minimum Gasteiger partial charge on any atom is -0.396 e. The highest BCUT2D eigenvalue weighted by molar-refractivity contribution is 9.10. The molecule has 1 aromatic heterocycles. The number of imidazole rings is 1. The summed E-state index contributed by atoms with van der Waals surface area (Å²) in [5, 5.41) is 9.41. The molecule has 2 N–H and O–H groups in total. The number of hydrogen-bond acceptors (Lipinski definition) is 2. The van der Waals surface area contributed by atoms with E-state index in [0.29, 0.717) is 5.92 Å². The van der Waals surface area contributed by atoms with Gasteiger partial charge in [-0.05, 0) is 18.1 Å². The third kappa shape index (κ3) is 2.82. The Morgan fingerprint density at radius 1 is 1.39 bits per heavy atom. The quantitative estimate of drug-likeness (QED) is 0.907. The number of nitrogens with one attached hydrogen (secondary N) is 1. The Morgan fingerprint density at radius 3 is 2.78 bits per heavy atom. The molecule has 2 rings (SSSR count). The van der Waals surface area contributed by atoms with Crippen LogP contribution in [0.3, 0.4) is 0 Å². The zero-order chi connectivity index (χ0) is 13.1. The summed E-state index contributed by atoms with van der Waals surface area (Å²) in [7, 11) is 0. The van der Waals surface area contributed by atoms with Crippen LogP contribution in [0.4, 0.5) is 0 Å². The van der Waals surface area contributed by atoms with Gasteiger partial charge < -0.3 is 10.1 Å². The lowest BCUT2D eigenvalue weighted by atomic mass is 9.96. The summed E-state index contributed by atoms with van der Waals surface area (Å²) in [6, 6.07) is 8.06. The van der Waals surface area contributed by atoms with Gasteiger partial charge in [-0.1, -0.05) is 41.9 Å². The molecule has 1 atom stereocenters. The second kappa shape index (κ2) is 5.67. The highest BCUT2D eigenvalue weighted by atomic mass is 79.9. The monoisotopic (exact) mass is 308 g/mol. The van der Waals surface area contributed by atoms with Crippen LogP contribution in [0, 0.1) is 5.92 Å². The predicted molar refractivity (Wildman–Crippen MR) is 76.4 cm³/mol. The lowest BCUT2D eigenvalue weighted by Gasteiger charge is -2.15. The van der Waals surface area contributed by atoms with E-state index in [1.807, 2.05) is 30.5 Å². The van der Waals surface area contributed by atoms with Gasteiger partial charge >= 0.3 is 0 Å². The number of aliphatic hydroxyl groups excluding tert-OH is 1. The summed E-state index contributed by atoms with van der Waals surface area (Å²) >= 11 is 3.46. The van der Waals surface area contributed by atoms with E-state index in [2.05, 4.69) is 39.7 Å². The van der Waals surface area contributed by atoms with E-state index in [9.17, 15) is 5.11 Å². The fourth-order valence-corrected chi connectivity index (χ4v) is 2.34. The van der Waals surface area contributed by atoms with Crippen LogP contribution in [0.15, 0.2) is 34.9 Å². The van der Waals surface area contributed by atoms with Gasteiger partial charge in [0.05, 0.1) is 18.5 Å². The zero-order valence-electron chi connectivity index (χ0n) is 10.5. The Kier molecular flexibility index (Phi) is 4.19. The van der Waals surface area contributed by atoms with Crippen molar-refractivity contribution >= 4 is 15.9 Å². The molecule has 1 heterocycles. The minimum absolute atomic E-state index is 0.0610. The first kappa shape index (κ1) is 13.3. The molecule has 0 aliphatic rings. The summed E-state index contributed by atoms with van der Waals surface area (Å²) < 4.78 is 1.04. The topological polar surface area (TPSA) is 48.9 Å². The molecule has 1 unspecified atom stereocenters. The molecule has 2 aromatic rings. The molecule has 0 amide bonds. The highest BCUT2D eigenvalue weighted by Gasteiger charge is 2.18. The largest absolute Gasteiger partial charge is 0.396 e. The van der Waals surface area contributed by atoms with E-state index in [0.717, 1.165) is 21.6 Å². The van der Waals surface area contributed by atoms with E-state index in [1.54, 1.807) is 0 Å². The fraction of sp³-hybridized carbons (Fsp3) is 0.357. The van der Waals surface area contributed by atoms with Crippen molar-refractivity contribution in [3.05, 3.63) is 40.8 Å². The number of aromatic nitrogens is 2. The SMILES string of the molecule is CC(C)C(CO)c1ncc(-c2cccc(Br)c2)[nH]1. The van der Waals surface area contributed by atoms with Crippen molar-refractivity contribution in [2.45, 2.75) is 19.8 Å². The highest BCUT2D eigenvalue weighted by Crippen LogP contribution is 2.26. The van der Waals surface area contributed by atoms with E-state index >= 15 is 0 Å². The predicted octanol–water partition coefficient (Wildman–Crippen LogP) is 3.57. The lowest BCUT2D eigenvalue weighted by Crippen LogP contribution is -2.12. The van der Waals surface area contributed by atoms with Crippen molar-refractivity contribution in [3.8, 4) is 11.3 Å². The van der Waals surface area contributed by atoms with Crippen LogP contribution in [0.5, 0.6) is 0 Å². The van der Waals surface area contributed by atoms with Crippen molar-refractivity contribution in [3.63, 3.8) is 0 Å². The lowest BCUT2D eigenvalue weighted by molar-refractivity contribution is 0.232. The second-order valence-electron chi connectivity index (χ2n) is 4.73. The summed E-state index contributed by atoms with van der Waals surface area (Å²) in [6.07, 6.45) is 1.82. The van der Waals surface area contributed by atoms with Crippen LogP contribution in [0.25, 0.3) is 11.3 Å². The molecular formula is C14H17BrN2O. The average molecular weight is 309 g/mol. The van der Waals surface area contributed by atoms with Gasteiger partial charge in [0.25, 0.3) is 0 Å². The fourth-order valence-electron chi connectivity index (χ4n) is 1.94. The van der Waals surface area contributed by atoms with Crippen LogP contribution in [-0.4, -0.2) is 21.7 Å². The van der Waals surface area contributed by atoms with Crippen molar-refractivity contribution in [1.82, 2.24) is 9.97 Å². The Morgan fingerprint density at radius 2 is 2.17 bits per heavy atom. The van der Waals surface area contributed by atoms with E-state index in [1.165, 1.54) is 0 Å². The van der Waals surface area contributed by atoms with Gasteiger partial charge in [-0.3, -0.25) is 0 Å². The molecule has 0 saturated heterocycles. The van der Waals surface area contributed by atoms with Crippen LogP contribution in [-0.2, 0) is 0 Å². The summed E-state index contributed by atoms with van der Waals surface area (Å²) in [4.78, 5) is 7.68. The van der Waals surface area contributed by atoms with Crippen LogP contribution in [0.1, 0.15) is 25.6 Å². The first-order chi connectivity index (χ1) is 8.61. The van der Waals surface area contributed by atoms with Crippen molar-refractivity contribution in [1.29, 1.82) is 0 Å². The zero-order valence-corrected chi connectivity index (χ0v) is 12.1. The number of rotatable bonds is 4. The third-order valence-corrected chi connectivity index (χ3v) is 3.58. The minimum atomic E-state index is 0.0610. The standard InChI is InChI=1S/C14H17BrN2O/c1-9(2)12(8-18)14-16-7-13(17-14)10-4-3-5-11(15)6-10/h3-7,9,12,18H,8H2,1-2H3,(H,16,17). The number of H-pyrrole nitrogens is 1. The van der Waals surface area contributed by atoms with Gasteiger partial charge in [0, 0.05) is 16.0 Å². The maximum absolute atomic E-state index is 9.41. The Hall–Kier alpha value is -1.13. The number of aliphatic hydroxyl groups is 1. The molecule has 1 aromatic carbocycles. The van der Waals surface area contributed by atoms with Crippen LogP contribution < -0.4 is 0 Å². The number of halogens is 1. The van der Waals surface area contributed by atoms with E-state index in [4.69, 9.17) is 0 Å². The first-order valence-electron chi connectivity index (χ1n) is 6.03. The van der Waals surface area contributed by atoms with Crippen molar-refractivity contribution in [2.75, 3.05) is 6.61 Å². The summed E-state index contributed by atoms with van der Waals surface area (Å²) in [6.45, 7) is 4.29. The van der Waals surface area contributed by atoms with Crippen LogP contribution in [0.2, 0.25) is 0 Å². The summed E-state index contributed by atoms with van der Waals surface area (Å²) in [5.41, 5.74) is 2.06.